The average Bonchev–Trinajstić information content (AvgIpc) is 2.52. The highest BCUT2D eigenvalue weighted by molar-refractivity contribution is 5.81. The molecule has 2 aliphatic rings. The zero-order valence-corrected chi connectivity index (χ0v) is 13.0. The van der Waals surface area contributed by atoms with Gasteiger partial charge < -0.3 is 10.2 Å². The summed E-state index contributed by atoms with van der Waals surface area (Å²) in [6.45, 7) is 3.45. The molecule has 1 aliphatic carbocycles. The minimum absolute atomic E-state index is 0.271. The Labute approximate surface area is 127 Å². The Hall–Kier alpha value is -1.51. The normalized spacial score (nSPS) is 25.3. The first-order chi connectivity index (χ1) is 10.2. The summed E-state index contributed by atoms with van der Waals surface area (Å²) in [5.41, 5.74) is 2.26. The summed E-state index contributed by atoms with van der Waals surface area (Å²) in [6, 6.07) is 8.73. The van der Waals surface area contributed by atoms with Crippen molar-refractivity contribution < 1.29 is 4.79 Å². The van der Waals surface area contributed by atoms with Gasteiger partial charge >= 0.3 is 0 Å². The number of carbonyl (C=O) groups excluding carboxylic acids is 1. The van der Waals surface area contributed by atoms with Gasteiger partial charge in [-0.15, -0.1) is 0 Å². The molecule has 3 nitrogen and oxygen atoms in total. The standard InChI is InChI=1S/C18H26N2O/c1-14-6-4-9-16(12-14)19-13-18(21)20-11-5-8-15-7-2-3-10-17(15)20/h4,6,9,12,15,17,19H,2-3,5,7-8,10-11,13H2,1H3. The Balaban J connectivity index is 1.59. The Bertz CT molecular complexity index is 498. The van der Waals surface area contributed by atoms with E-state index in [-0.39, 0.29) is 5.91 Å². The lowest BCUT2D eigenvalue weighted by molar-refractivity contribution is -0.135. The Kier molecular flexibility index (Phi) is 4.47. The van der Waals surface area contributed by atoms with Crippen molar-refractivity contribution in [3.05, 3.63) is 29.8 Å². The molecule has 1 saturated heterocycles. The van der Waals surface area contributed by atoms with E-state index in [1.165, 1.54) is 44.1 Å². The van der Waals surface area contributed by atoms with Crippen molar-refractivity contribution in [2.75, 3.05) is 18.4 Å². The number of aryl methyl sites for hydroxylation is 1. The second kappa shape index (κ2) is 6.50. The van der Waals surface area contributed by atoms with Crippen molar-refractivity contribution in [1.29, 1.82) is 0 Å². The van der Waals surface area contributed by atoms with Gasteiger partial charge in [-0.25, -0.2) is 0 Å². The highest BCUT2D eigenvalue weighted by Crippen LogP contribution is 2.35. The van der Waals surface area contributed by atoms with Crippen LogP contribution < -0.4 is 5.32 Å². The van der Waals surface area contributed by atoms with Crippen LogP contribution in [0.25, 0.3) is 0 Å². The first kappa shape index (κ1) is 14.4. The largest absolute Gasteiger partial charge is 0.376 e. The molecule has 3 rings (SSSR count). The molecule has 1 saturated carbocycles. The molecule has 3 heteroatoms. The van der Waals surface area contributed by atoms with Gasteiger partial charge in [0.2, 0.25) is 5.91 Å². The number of rotatable bonds is 3. The van der Waals surface area contributed by atoms with Gasteiger partial charge in [-0.05, 0) is 56.2 Å². The Morgan fingerprint density at radius 3 is 2.90 bits per heavy atom. The lowest BCUT2D eigenvalue weighted by atomic mass is 9.78. The van der Waals surface area contributed by atoms with E-state index in [4.69, 9.17) is 0 Å². The van der Waals surface area contributed by atoms with Crippen LogP contribution in [0.3, 0.4) is 0 Å². The average molecular weight is 286 g/mol. The van der Waals surface area contributed by atoms with E-state index in [1.807, 2.05) is 12.1 Å². The number of carbonyl (C=O) groups is 1. The van der Waals surface area contributed by atoms with Gasteiger partial charge in [-0.2, -0.15) is 0 Å². The van der Waals surface area contributed by atoms with Gasteiger partial charge in [-0.1, -0.05) is 25.0 Å². The summed E-state index contributed by atoms with van der Waals surface area (Å²) in [7, 11) is 0. The van der Waals surface area contributed by atoms with Crippen LogP contribution in [0.1, 0.15) is 44.1 Å². The van der Waals surface area contributed by atoms with Crippen molar-refractivity contribution in [2.24, 2.45) is 5.92 Å². The minimum Gasteiger partial charge on any atom is -0.376 e. The van der Waals surface area contributed by atoms with Gasteiger partial charge in [0.05, 0.1) is 6.54 Å². The van der Waals surface area contributed by atoms with Gasteiger partial charge in [0.25, 0.3) is 0 Å². The fourth-order valence-corrected chi connectivity index (χ4v) is 3.97. The summed E-state index contributed by atoms with van der Waals surface area (Å²) < 4.78 is 0. The van der Waals surface area contributed by atoms with E-state index in [0.717, 1.165) is 18.2 Å². The predicted molar refractivity (Wildman–Crippen MR) is 86.4 cm³/mol. The zero-order valence-electron chi connectivity index (χ0n) is 13.0. The van der Waals surface area contributed by atoms with Crippen LogP contribution in [0.5, 0.6) is 0 Å². The zero-order chi connectivity index (χ0) is 14.7. The van der Waals surface area contributed by atoms with Crippen molar-refractivity contribution >= 4 is 11.6 Å². The van der Waals surface area contributed by atoms with Crippen molar-refractivity contribution in [2.45, 2.75) is 51.5 Å². The second-order valence-electron chi connectivity index (χ2n) is 6.56. The third-order valence-electron chi connectivity index (χ3n) is 5.03. The predicted octanol–water partition coefficient (Wildman–Crippen LogP) is 3.59. The van der Waals surface area contributed by atoms with E-state index in [0.29, 0.717) is 12.6 Å². The molecule has 0 spiro atoms. The minimum atomic E-state index is 0.271. The molecule has 0 aromatic heterocycles. The van der Waals surface area contributed by atoms with E-state index in [2.05, 4.69) is 29.3 Å². The van der Waals surface area contributed by atoms with Gasteiger partial charge in [0.15, 0.2) is 0 Å². The maximum Gasteiger partial charge on any atom is 0.242 e. The lowest BCUT2D eigenvalue weighted by Gasteiger charge is -2.44. The number of piperidine rings is 1. The number of nitrogens with one attached hydrogen (secondary N) is 1. The summed E-state index contributed by atoms with van der Waals surface area (Å²) in [4.78, 5) is 14.7. The molecule has 1 aromatic rings. The van der Waals surface area contributed by atoms with E-state index in [1.54, 1.807) is 0 Å². The third-order valence-corrected chi connectivity index (χ3v) is 5.03. The summed E-state index contributed by atoms with van der Waals surface area (Å²) in [5, 5.41) is 3.29. The number of hydrogen-bond acceptors (Lipinski definition) is 2. The smallest absolute Gasteiger partial charge is 0.242 e. The van der Waals surface area contributed by atoms with Gasteiger partial charge in [0, 0.05) is 18.3 Å². The highest BCUT2D eigenvalue weighted by atomic mass is 16.2. The van der Waals surface area contributed by atoms with Gasteiger partial charge in [-0.3, -0.25) is 4.79 Å². The van der Waals surface area contributed by atoms with Crippen LogP contribution in [-0.2, 0) is 4.79 Å². The van der Waals surface area contributed by atoms with Crippen molar-refractivity contribution in [1.82, 2.24) is 4.90 Å². The third kappa shape index (κ3) is 3.39. The quantitative estimate of drug-likeness (QED) is 0.921. The molecule has 1 aliphatic heterocycles. The SMILES string of the molecule is Cc1cccc(NCC(=O)N2CCCC3CCCCC32)c1. The molecule has 21 heavy (non-hydrogen) atoms. The maximum atomic E-state index is 12.6. The van der Waals surface area contributed by atoms with E-state index < -0.39 is 0 Å². The van der Waals surface area contributed by atoms with Crippen LogP contribution in [0.2, 0.25) is 0 Å². The molecule has 1 aromatic carbocycles. The lowest BCUT2D eigenvalue weighted by Crippen LogP contribution is -2.51. The van der Waals surface area contributed by atoms with E-state index in [9.17, 15) is 4.79 Å². The van der Waals surface area contributed by atoms with Crippen LogP contribution in [0.15, 0.2) is 24.3 Å². The molecule has 1 heterocycles. The fraction of sp³-hybridized carbons (Fsp3) is 0.611. The van der Waals surface area contributed by atoms with Crippen LogP contribution >= 0.6 is 0 Å². The topological polar surface area (TPSA) is 32.3 Å². The first-order valence-electron chi connectivity index (χ1n) is 8.34. The summed E-state index contributed by atoms with van der Waals surface area (Å²) in [5.74, 6) is 1.03. The van der Waals surface area contributed by atoms with E-state index >= 15 is 0 Å². The number of likely N-dealkylation sites (tertiary alicyclic amines) is 1. The first-order valence-corrected chi connectivity index (χ1v) is 8.34. The van der Waals surface area contributed by atoms with Crippen LogP contribution in [0, 0.1) is 12.8 Å². The molecule has 2 atom stereocenters. The van der Waals surface area contributed by atoms with Crippen LogP contribution in [0.4, 0.5) is 5.69 Å². The maximum absolute atomic E-state index is 12.6. The summed E-state index contributed by atoms with van der Waals surface area (Å²) >= 11 is 0. The number of nitrogens with zero attached hydrogens (tertiary/aromatic N) is 1. The van der Waals surface area contributed by atoms with Crippen molar-refractivity contribution in [3.8, 4) is 0 Å². The molecule has 114 valence electrons. The monoisotopic (exact) mass is 286 g/mol. The van der Waals surface area contributed by atoms with Crippen LogP contribution in [-0.4, -0.2) is 29.9 Å². The molecule has 2 fully saturated rings. The molecular formula is C18H26N2O. The Morgan fingerprint density at radius 1 is 1.24 bits per heavy atom. The number of hydrogen-bond donors (Lipinski definition) is 1. The Morgan fingerprint density at radius 2 is 2.05 bits per heavy atom. The molecular weight excluding hydrogens is 260 g/mol. The molecule has 0 bridgehead atoms. The molecule has 0 radical (unpaired) electrons. The highest BCUT2D eigenvalue weighted by Gasteiger charge is 2.35. The number of amides is 1. The number of fused-ring (bicyclic) bond motifs is 1. The summed E-state index contributed by atoms with van der Waals surface area (Å²) in [6.07, 6.45) is 7.67. The van der Waals surface area contributed by atoms with Crippen molar-refractivity contribution in [3.63, 3.8) is 0 Å². The fourth-order valence-electron chi connectivity index (χ4n) is 3.97. The molecule has 2 unspecified atom stereocenters. The molecule has 1 amide bonds. The number of benzene rings is 1. The number of anilines is 1. The van der Waals surface area contributed by atoms with Gasteiger partial charge in [0.1, 0.15) is 0 Å². The molecule has 1 N–H and O–H groups in total. The second-order valence-corrected chi connectivity index (χ2v) is 6.56.